The zero-order chi connectivity index (χ0) is 26.6. The number of nitrogens with one attached hydrogen (secondary N) is 1. The first-order chi connectivity index (χ1) is 18.6. The van der Waals surface area contributed by atoms with Crippen LogP contribution in [0.4, 0.5) is 10.5 Å². The average molecular weight is 525 g/mol. The first kappa shape index (κ1) is 27.0. The minimum Gasteiger partial charge on any atom is -0.466 e. The lowest BCUT2D eigenvalue weighted by Gasteiger charge is -2.24. The first-order valence-corrected chi connectivity index (χ1v) is 13.6. The van der Waals surface area contributed by atoms with E-state index in [0.717, 1.165) is 33.0 Å². The zero-order valence-electron chi connectivity index (χ0n) is 21.5. The van der Waals surface area contributed by atoms with Gasteiger partial charge < -0.3 is 10.1 Å². The molecule has 0 saturated heterocycles. The summed E-state index contributed by atoms with van der Waals surface area (Å²) < 4.78 is 5.04. The summed E-state index contributed by atoms with van der Waals surface area (Å²) in [6.07, 6.45) is 1.02. The van der Waals surface area contributed by atoms with E-state index < -0.39 is 0 Å². The molecule has 4 aromatic carbocycles. The summed E-state index contributed by atoms with van der Waals surface area (Å²) in [6, 6.07) is 35.9. The van der Waals surface area contributed by atoms with Crippen molar-refractivity contribution < 1.29 is 14.3 Å². The van der Waals surface area contributed by atoms with E-state index in [1.54, 1.807) is 11.8 Å². The van der Waals surface area contributed by atoms with Crippen molar-refractivity contribution in [3.63, 3.8) is 0 Å². The molecule has 0 aliphatic rings. The number of carbonyl (C=O) groups is 2. The Morgan fingerprint density at radius 1 is 0.763 bits per heavy atom. The van der Waals surface area contributed by atoms with Crippen LogP contribution in [0.1, 0.15) is 23.6 Å². The van der Waals surface area contributed by atoms with Crippen molar-refractivity contribution in [1.29, 1.82) is 0 Å². The van der Waals surface area contributed by atoms with Crippen molar-refractivity contribution in [3.8, 4) is 0 Å². The third kappa shape index (κ3) is 8.25. The summed E-state index contributed by atoms with van der Waals surface area (Å²) in [4.78, 5) is 29.0. The van der Waals surface area contributed by atoms with Crippen LogP contribution in [0.15, 0.2) is 119 Å². The van der Waals surface area contributed by atoms with Crippen molar-refractivity contribution in [2.75, 3.05) is 18.1 Å². The topological polar surface area (TPSA) is 58.6 Å². The molecule has 0 spiro atoms. The van der Waals surface area contributed by atoms with Gasteiger partial charge in [0.05, 0.1) is 13.0 Å². The second-order valence-corrected chi connectivity index (χ2v) is 9.90. The number of anilines is 1. The second kappa shape index (κ2) is 14.1. The summed E-state index contributed by atoms with van der Waals surface area (Å²) in [6.45, 7) is 3.21. The van der Waals surface area contributed by atoms with Gasteiger partial charge in [0.15, 0.2) is 0 Å². The lowest BCUT2D eigenvalue weighted by Crippen LogP contribution is -2.41. The third-order valence-corrected chi connectivity index (χ3v) is 6.94. The fourth-order valence-corrected chi connectivity index (χ4v) is 4.88. The van der Waals surface area contributed by atoms with Crippen LogP contribution in [0.25, 0.3) is 0 Å². The number of nitrogens with zero attached hydrogens (tertiary/aromatic N) is 1. The quantitative estimate of drug-likeness (QED) is 0.217. The predicted molar refractivity (Wildman–Crippen MR) is 154 cm³/mol. The molecule has 0 fully saturated rings. The van der Waals surface area contributed by atoms with Crippen LogP contribution in [0.3, 0.4) is 0 Å². The number of amides is 2. The minimum atomic E-state index is -0.221. The zero-order valence-corrected chi connectivity index (χ0v) is 22.3. The Morgan fingerprint density at radius 3 is 2.13 bits per heavy atom. The molecule has 0 bridgehead atoms. The lowest BCUT2D eigenvalue weighted by molar-refractivity contribution is -0.142. The number of hydrogen-bond donors (Lipinski definition) is 1. The molecule has 0 unspecified atom stereocenters. The highest BCUT2D eigenvalue weighted by molar-refractivity contribution is 7.99. The lowest BCUT2D eigenvalue weighted by atomic mass is 10.1. The van der Waals surface area contributed by atoms with Gasteiger partial charge in [-0.2, -0.15) is 0 Å². The van der Waals surface area contributed by atoms with Crippen LogP contribution in [0.2, 0.25) is 0 Å². The fraction of sp³-hybridized carbons (Fsp3) is 0.188. The van der Waals surface area contributed by atoms with Crippen molar-refractivity contribution >= 4 is 29.4 Å². The molecule has 0 aromatic heterocycles. The van der Waals surface area contributed by atoms with Crippen LogP contribution >= 0.6 is 11.8 Å². The second-order valence-electron chi connectivity index (χ2n) is 8.76. The van der Waals surface area contributed by atoms with E-state index in [4.69, 9.17) is 4.74 Å². The molecule has 194 valence electrons. The van der Waals surface area contributed by atoms with Gasteiger partial charge in [0.1, 0.15) is 0 Å². The summed E-state index contributed by atoms with van der Waals surface area (Å²) in [5, 5.41) is 3.08. The van der Waals surface area contributed by atoms with Gasteiger partial charge in [-0.15, -0.1) is 0 Å². The van der Waals surface area contributed by atoms with Crippen LogP contribution in [-0.4, -0.2) is 25.2 Å². The SMILES string of the molecule is CCOC(=O)Cc1ccc(Sc2cccc(N(CCc3ccccc3)C(=O)NCc3ccccc3)c2)cc1. The van der Waals surface area contributed by atoms with Gasteiger partial charge in [0.25, 0.3) is 0 Å². The Balaban J connectivity index is 1.47. The largest absolute Gasteiger partial charge is 0.466 e. The van der Waals surface area contributed by atoms with Crippen molar-refractivity contribution in [2.45, 2.75) is 36.1 Å². The van der Waals surface area contributed by atoms with E-state index in [0.29, 0.717) is 19.7 Å². The molecule has 1 N–H and O–H groups in total. The molecule has 5 nitrogen and oxygen atoms in total. The highest BCUT2D eigenvalue weighted by Crippen LogP contribution is 2.31. The monoisotopic (exact) mass is 524 g/mol. The Labute approximate surface area is 228 Å². The smallest absolute Gasteiger partial charge is 0.322 e. The third-order valence-electron chi connectivity index (χ3n) is 5.94. The molecule has 4 rings (SSSR count). The molecule has 2 amide bonds. The maximum atomic E-state index is 13.4. The maximum Gasteiger partial charge on any atom is 0.322 e. The highest BCUT2D eigenvalue weighted by atomic mass is 32.2. The first-order valence-electron chi connectivity index (χ1n) is 12.8. The van der Waals surface area contributed by atoms with E-state index in [1.807, 2.05) is 109 Å². The summed E-state index contributed by atoms with van der Waals surface area (Å²) in [5.41, 5.74) is 4.00. The Hall–Kier alpha value is -4.03. The molecular weight excluding hydrogens is 492 g/mol. The van der Waals surface area contributed by atoms with Crippen LogP contribution in [0.5, 0.6) is 0 Å². The predicted octanol–water partition coefficient (Wildman–Crippen LogP) is 6.90. The van der Waals surface area contributed by atoms with E-state index in [1.165, 1.54) is 5.56 Å². The number of ether oxygens (including phenoxy) is 1. The van der Waals surface area contributed by atoms with Crippen molar-refractivity contribution in [1.82, 2.24) is 5.32 Å². The number of urea groups is 1. The Kier molecular flexibility index (Phi) is 9.99. The van der Waals surface area contributed by atoms with Crippen LogP contribution in [-0.2, 0) is 28.9 Å². The van der Waals surface area contributed by atoms with Gasteiger partial charge in [-0.1, -0.05) is 90.6 Å². The minimum absolute atomic E-state index is 0.129. The molecule has 0 saturated carbocycles. The van der Waals surface area contributed by atoms with Gasteiger partial charge in [-0.05, 0) is 60.4 Å². The average Bonchev–Trinajstić information content (AvgIpc) is 2.95. The van der Waals surface area contributed by atoms with E-state index in [-0.39, 0.29) is 18.4 Å². The maximum absolute atomic E-state index is 13.4. The van der Waals surface area contributed by atoms with Gasteiger partial charge >= 0.3 is 12.0 Å². The van der Waals surface area contributed by atoms with Crippen LogP contribution < -0.4 is 10.2 Å². The molecule has 6 heteroatoms. The van der Waals surface area contributed by atoms with Gasteiger partial charge in [-0.3, -0.25) is 9.69 Å². The molecule has 0 heterocycles. The van der Waals surface area contributed by atoms with E-state index in [9.17, 15) is 9.59 Å². The molecule has 0 radical (unpaired) electrons. The van der Waals surface area contributed by atoms with E-state index in [2.05, 4.69) is 17.4 Å². The Morgan fingerprint density at radius 2 is 1.45 bits per heavy atom. The number of carbonyl (C=O) groups excluding carboxylic acids is 2. The van der Waals surface area contributed by atoms with Crippen molar-refractivity contribution in [2.24, 2.45) is 0 Å². The number of hydrogen-bond acceptors (Lipinski definition) is 4. The molecule has 0 aliphatic heterocycles. The Bertz CT molecular complexity index is 1310. The summed E-state index contributed by atoms with van der Waals surface area (Å²) in [7, 11) is 0. The molecular formula is C32H32N2O3S. The standard InChI is InChI=1S/C32H32N2O3S/c1-2-37-31(35)22-26-16-18-29(19-17-26)38-30-15-9-14-28(23-30)34(21-20-25-10-5-3-6-11-25)32(36)33-24-27-12-7-4-8-13-27/h3-19,23H,2,20-22,24H2,1H3,(H,33,36). The molecule has 0 aliphatic carbocycles. The summed E-state index contributed by atoms with van der Waals surface area (Å²) >= 11 is 1.62. The molecule has 0 atom stereocenters. The number of benzene rings is 4. The van der Waals surface area contributed by atoms with Gasteiger partial charge in [-0.25, -0.2) is 4.79 Å². The fourth-order valence-electron chi connectivity index (χ4n) is 4.01. The van der Waals surface area contributed by atoms with Gasteiger partial charge in [0.2, 0.25) is 0 Å². The molecule has 4 aromatic rings. The number of rotatable bonds is 11. The van der Waals surface area contributed by atoms with Crippen LogP contribution in [0, 0.1) is 0 Å². The number of esters is 1. The summed E-state index contributed by atoms with van der Waals surface area (Å²) in [5.74, 6) is -0.221. The normalized spacial score (nSPS) is 10.6. The highest BCUT2D eigenvalue weighted by Gasteiger charge is 2.16. The van der Waals surface area contributed by atoms with Gasteiger partial charge in [0, 0.05) is 28.6 Å². The van der Waals surface area contributed by atoms with Crippen molar-refractivity contribution in [3.05, 3.63) is 126 Å². The molecule has 38 heavy (non-hydrogen) atoms. The van der Waals surface area contributed by atoms with E-state index >= 15 is 0 Å².